The van der Waals surface area contributed by atoms with Crippen molar-refractivity contribution in [1.29, 1.82) is 0 Å². The first-order valence-electron chi connectivity index (χ1n) is 5.68. The lowest BCUT2D eigenvalue weighted by molar-refractivity contribution is -0.122. The summed E-state index contributed by atoms with van der Waals surface area (Å²) in [4.78, 5) is 22.6. The van der Waals surface area contributed by atoms with Crippen LogP contribution in [0.5, 0.6) is 5.75 Å². The molecule has 0 saturated heterocycles. The fourth-order valence-electron chi connectivity index (χ4n) is 1.18. The van der Waals surface area contributed by atoms with Gasteiger partial charge < -0.3 is 10.1 Å². The van der Waals surface area contributed by atoms with Crippen LogP contribution >= 0.6 is 23.2 Å². The van der Waals surface area contributed by atoms with E-state index in [9.17, 15) is 9.59 Å². The molecule has 0 aliphatic heterocycles. The Hall–Kier alpha value is -1.46. The maximum Gasteiger partial charge on any atom is 0.321 e. The summed E-state index contributed by atoms with van der Waals surface area (Å²) in [5, 5.41) is 5.42. The molecule has 0 aromatic heterocycles. The molecule has 0 heterocycles. The second-order valence-electron chi connectivity index (χ2n) is 3.67. The highest BCUT2D eigenvalue weighted by atomic mass is 35.5. The van der Waals surface area contributed by atoms with Gasteiger partial charge in [-0.3, -0.25) is 10.1 Å². The standard InChI is InChI=1S/C12H14Cl2N2O3/c1-2-5-15-12(18)16-11(17)7-19-10-4-3-8(13)6-9(10)14/h3-4,6H,2,5,7H2,1H3,(H2,15,16,17,18). The Morgan fingerprint density at radius 1 is 1.32 bits per heavy atom. The fourth-order valence-corrected chi connectivity index (χ4v) is 1.64. The summed E-state index contributed by atoms with van der Waals surface area (Å²) in [7, 11) is 0. The highest BCUT2D eigenvalue weighted by Gasteiger charge is 2.09. The highest BCUT2D eigenvalue weighted by molar-refractivity contribution is 6.35. The second-order valence-corrected chi connectivity index (χ2v) is 4.51. The lowest BCUT2D eigenvalue weighted by atomic mass is 10.3. The first kappa shape index (κ1) is 15.6. The lowest BCUT2D eigenvalue weighted by Gasteiger charge is -2.08. The molecule has 7 heteroatoms. The number of hydrogen-bond acceptors (Lipinski definition) is 3. The summed E-state index contributed by atoms with van der Waals surface area (Å²) in [6, 6.07) is 4.10. The quantitative estimate of drug-likeness (QED) is 0.878. The summed E-state index contributed by atoms with van der Waals surface area (Å²) in [6.07, 6.45) is 0.790. The third-order valence-electron chi connectivity index (χ3n) is 2.04. The van der Waals surface area contributed by atoms with Crippen molar-refractivity contribution in [3.63, 3.8) is 0 Å². The van der Waals surface area contributed by atoms with Gasteiger partial charge in [0.15, 0.2) is 6.61 Å². The van der Waals surface area contributed by atoms with Crippen LogP contribution in [-0.4, -0.2) is 25.1 Å². The number of halogens is 2. The molecule has 0 spiro atoms. The monoisotopic (exact) mass is 304 g/mol. The SMILES string of the molecule is CCCNC(=O)NC(=O)COc1ccc(Cl)cc1Cl. The predicted molar refractivity (Wildman–Crippen MR) is 73.8 cm³/mol. The first-order chi connectivity index (χ1) is 9.02. The largest absolute Gasteiger partial charge is 0.482 e. The Labute approximate surface area is 121 Å². The van der Waals surface area contributed by atoms with E-state index in [1.165, 1.54) is 6.07 Å². The van der Waals surface area contributed by atoms with Gasteiger partial charge in [-0.2, -0.15) is 0 Å². The molecule has 5 nitrogen and oxygen atoms in total. The van der Waals surface area contributed by atoms with Crippen LogP contribution in [0.2, 0.25) is 10.0 Å². The number of rotatable bonds is 5. The molecule has 104 valence electrons. The van der Waals surface area contributed by atoms with Crippen LogP contribution < -0.4 is 15.4 Å². The van der Waals surface area contributed by atoms with Gasteiger partial charge in [-0.05, 0) is 24.6 Å². The van der Waals surface area contributed by atoms with Gasteiger partial charge in [0, 0.05) is 11.6 Å². The van der Waals surface area contributed by atoms with Crippen molar-refractivity contribution in [1.82, 2.24) is 10.6 Å². The zero-order valence-corrected chi connectivity index (χ0v) is 11.8. The van der Waals surface area contributed by atoms with Gasteiger partial charge in [0.2, 0.25) is 0 Å². The normalized spacial score (nSPS) is 9.84. The Balaban J connectivity index is 2.39. The Morgan fingerprint density at radius 2 is 2.05 bits per heavy atom. The van der Waals surface area contributed by atoms with Crippen LogP contribution in [0.4, 0.5) is 4.79 Å². The average Bonchev–Trinajstić information content (AvgIpc) is 2.35. The molecule has 1 aromatic rings. The highest BCUT2D eigenvalue weighted by Crippen LogP contribution is 2.27. The van der Waals surface area contributed by atoms with Gasteiger partial charge in [0.05, 0.1) is 5.02 Å². The maximum atomic E-state index is 11.4. The van der Waals surface area contributed by atoms with Crippen LogP contribution in [-0.2, 0) is 4.79 Å². The third kappa shape index (κ3) is 5.81. The summed E-state index contributed by atoms with van der Waals surface area (Å²) in [6.45, 7) is 2.11. The zero-order chi connectivity index (χ0) is 14.3. The number of benzene rings is 1. The van der Waals surface area contributed by atoms with Gasteiger partial charge in [0.1, 0.15) is 5.75 Å². The zero-order valence-electron chi connectivity index (χ0n) is 10.3. The van der Waals surface area contributed by atoms with E-state index < -0.39 is 11.9 Å². The third-order valence-corrected chi connectivity index (χ3v) is 2.57. The first-order valence-corrected chi connectivity index (χ1v) is 6.44. The molecule has 0 radical (unpaired) electrons. The summed E-state index contributed by atoms with van der Waals surface area (Å²) in [5.41, 5.74) is 0. The Kier molecular flexibility index (Phi) is 6.45. The molecule has 2 N–H and O–H groups in total. The molecule has 0 saturated carbocycles. The van der Waals surface area contributed by atoms with Crippen molar-refractivity contribution < 1.29 is 14.3 Å². The van der Waals surface area contributed by atoms with E-state index in [0.29, 0.717) is 22.3 Å². The van der Waals surface area contributed by atoms with E-state index in [1.54, 1.807) is 12.1 Å². The molecule has 1 rings (SSSR count). The molecular weight excluding hydrogens is 291 g/mol. The van der Waals surface area contributed by atoms with Crippen LogP contribution in [0, 0.1) is 0 Å². The van der Waals surface area contributed by atoms with Crippen LogP contribution in [0.15, 0.2) is 18.2 Å². The van der Waals surface area contributed by atoms with Gasteiger partial charge in [-0.15, -0.1) is 0 Å². The van der Waals surface area contributed by atoms with Crippen molar-refractivity contribution in [2.75, 3.05) is 13.2 Å². The Morgan fingerprint density at radius 3 is 2.68 bits per heavy atom. The van der Waals surface area contributed by atoms with E-state index in [0.717, 1.165) is 6.42 Å². The van der Waals surface area contributed by atoms with E-state index in [4.69, 9.17) is 27.9 Å². The summed E-state index contributed by atoms with van der Waals surface area (Å²) >= 11 is 11.6. The number of nitrogens with one attached hydrogen (secondary N) is 2. The van der Waals surface area contributed by atoms with Gasteiger partial charge in [0.25, 0.3) is 5.91 Å². The number of urea groups is 1. The number of hydrogen-bond donors (Lipinski definition) is 2. The lowest BCUT2D eigenvalue weighted by Crippen LogP contribution is -2.41. The molecule has 0 fully saturated rings. The van der Waals surface area contributed by atoms with Crippen LogP contribution in [0.25, 0.3) is 0 Å². The van der Waals surface area contributed by atoms with E-state index in [1.807, 2.05) is 6.92 Å². The van der Waals surface area contributed by atoms with Gasteiger partial charge in [-0.1, -0.05) is 30.1 Å². The van der Waals surface area contributed by atoms with Crippen molar-refractivity contribution in [2.24, 2.45) is 0 Å². The number of carbonyl (C=O) groups excluding carboxylic acids is 2. The molecule has 0 aliphatic rings. The molecule has 19 heavy (non-hydrogen) atoms. The number of imide groups is 1. The predicted octanol–water partition coefficient (Wildman–Crippen LogP) is 2.61. The van der Waals surface area contributed by atoms with Crippen molar-refractivity contribution in [3.05, 3.63) is 28.2 Å². The molecule has 3 amide bonds. The van der Waals surface area contributed by atoms with Gasteiger partial charge >= 0.3 is 6.03 Å². The molecule has 1 aromatic carbocycles. The van der Waals surface area contributed by atoms with Gasteiger partial charge in [-0.25, -0.2) is 4.79 Å². The number of carbonyl (C=O) groups is 2. The molecule has 0 unspecified atom stereocenters. The molecular formula is C12H14Cl2N2O3. The van der Waals surface area contributed by atoms with E-state index >= 15 is 0 Å². The smallest absolute Gasteiger partial charge is 0.321 e. The minimum atomic E-state index is -0.556. The fraction of sp³-hybridized carbons (Fsp3) is 0.333. The minimum absolute atomic E-state index is 0.302. The molecule has 0 atom stereocenters. The van der Waals surface area contributed by atoms with Crippen LogP contribution in [0.3, 0.4) is 0 Å². The minimum Gasteiger partial charge on any atom is -0.482 e. The maximum absolute atomic E-state index is 11.4. The van der Waals surface area contributed by atoms with Crippen LogP contribution in [0.1, 0.15) is 13.3 Å². The Bertz CT molecular complexity index is 466. The van der Waals surface area contributed by atoms with Crippen molar-refractivity contribution in [2.45, 2.75) is 13.3 Å². The summed E-state index contributed by atoms with van der Waals surface area (Å²) in [5.74, 6) is -0.227. The van der Waals surface area contributed by atoms with Crippen molar-refractivity contribution >= 4 is 35.1 Å². The second kappa shape index (κ2) is 7.86. The van der Waals surface area contributed by atoms with Crippen molar-refractivity contribution in [3.8, 4) is 5.75 Å². The number of amides is 3. The molecule has 0 bridgehead atoms. The molecule has 0 aliphatic carbocycles. The topological polar surface area (TPSA) is 67.4 Å². The number of ether oxygens (including phenoxy) is 1. The average molecular weight is 305 g/mol. The van der Waals surface area contributed by atoms with E-state index in [-0.39, 0.29) is 6.61 Å². The summed E-state index contributed by atoms with van der Waals surface area (Å²) < 4.78 is 5.18. The van der Waals surface area contributed by atoms with E-state index in [2.05, 4.69) is 10.6 Å².